The SMILES string of the molecule is CC(N)CCC(=O)N1CCC(C)C1C(=O)O. The number of hydrogen-bond acceptors (Lipinski definition) is 3. The second-order valence-electron chi connectivity index (χ2n) is 4.65. The minimum Gasteiger partial charge on any atom is -0.480 e. The summed E-state index contributed by atoms with van der Waals surface area (Å²) in [6.45, 7) is 4.27. The highest BCUT2D eigenvalue weighted by Crippen LogP contribution is 2.25. The Balaban J connectivity index is 2.58. The average Bonchev–Trinajstić information content (AvgIpc) is 2.56. The van der Waals surface area contributed by atoms with E-state index in [0.29, 0.717) is 19.4 Å². The van der Waals surface area contributed by atoms with Crippen LogP contribution < -0.4 is 5.73 Å². The normalized spacial score (nSPS) is 26.8. The van der Waals surface area contributed by atoms with Crippen LogP contribution in [-0.4, -0.2) is 40.5 Å². The van der Waals surface area contributed by atoms with E-state index in [0.717, 1.165) is 6.42 Å². The lowest BCUT2D eigenvalue weighted by atomic mass is 10.0. The lowest BCUT2D eigenvalue weighted by Crippen LogP contribution is -2.43. The number of carboxylic acids is 1. The number of carboxylic acid groups (broad SMARTS) is 1. The molecule has 92 valence electrons. The Hall–Kier alpha value is -1.10. The number of rotatable bonds is 4. The molecule has 1 heterocycles. The van der Waals surface area contributed by atoms with Gasteiger partial charge in [0, 0.05) is 19.0 Å². The van der Waals surface area contributed by atoms with Gasteiger partial charge in [-0.25, -0.2) is 4.79 Å². The molecule has 0 saturated carbocycles. The highest BCUT2D eigenvalue weighted by molar-refractivity contribution is 5.84. The Kier molecular flexibility index (Phi) is 4.29. The van der Waals surface area contributed by atoms with Gasteiger partial charge < -0.3 is 15.7 Å². The quantitative estimate of drug-likeness (QED) is 0.731. The third-order valence-corrected chi connectivity index (χ3v) is 3.09. The number of aliphatic carboxylic acids is 1. The molecule has 3 atom stereocenters. The molecule has 1 amide bonds. The molecule has 1 rings (SSSR count). The van der Waals surface area contributed by atoms with Crippen LogP contribution in [0.3, 0.4) is 0 Å². The number of hydrogen-bond donors (Lipinski definition) is 2. The van der Waals surface area contributed by atoms with Gasteiger partial charge in [-0.15, -0.1) is 0 Å². The van der Waals surface area contributed by atoms with Crippen LogP contribution in [0.1, 0.15) is 33.1 Å². The Morgan fingerprint density at radius 3 is 2.69 bits per heavy atom. The molecule has 0 spiro atoms. The first-order chi connectivity index (χ1) is 7.43. The monoisotopic (exact) mass is 228 g/mol. The lowest BCUT2D eigenvalue weighted by molar-refractivity contribution is -0.149. The van der Waals surface area contributed by atoms with E-state index in [1.165, 1.54) is 4.90 Å². The molecule has 0 aliphatic carbocycles. The Morgan fingerprint density at radius 1 is 1.56 bits per heavy atom. The van der Waals surface area contributed by atoms with E-state index in [2.05, 4.69) is 0 Å². The van der Waals surface area contributed by atoms with Crippen LogP contribution in [0.25, 0.3) is 0 Å². The van der Waals surface area contributed by atoms with Gasteiger partial charge in [0.1, 0.15) is 6.04 Å². The van der Waals surface area contributed by atoms with Crippen molar-refractivity contribution in [1.29, 1.82) is 0 Å². The zero-order valence-electron chi connectivity index (χ0n) is 9.85. The largest absolute Gasteiger partial charge is 0.480 e. The van der Waals surface area contributed by atoms with Crippen molar-refractivity contribution >= 4 is 11.9 Å². The van der Waals surface area contributed by atoms with Crippen molar-refractivity contribution < 1.29 is 14.7 Å². The lowest BCUT2D eigenvalue weighted by Gasteiger charge is -2.23. The van der Waals surface area contributed by atoms with Crippen LogP contribution in [0.15, 0.2) is 0 Å². The second-order valence-corrected chi connectivity index (χ2v) is 4.65. The van der Waals surface area contributed by atoms with Crippen molar-refractivity contribution in [3.8, 4) is 0 Å². The van der Waals surface area contributed by atoms with Gasteiger partial charge in [0.2, 0.25) is 5.91 Å². The predicted octanol–water partition coefficient (Wildman–Crippen LogP) is 0.435. The highest BCUT2D eigenvalue weighted by Gasteiger charge is 2.38. The molecule has 0 aromatic heterocycles. The Labute approximate surface area is 95.6 Å². The summed E-state index contributed by atoms with van der Waals surface area (Å²) in [5, 5.41) is 9.06. The summed E-state index contributed by atoms with van der Waals surface area (Å²) in [7, 11) is 0. The summed E-state index contributed by atoms with van der Waals surface area (Å²) in [5.74, 6) is -0.954. The molecule has 5 heteroatoms. The van der Waals surface area contributed by atoms with E-state index in [-0.39, 0.29) is 17.9 Å². The summed E-state index contributed by atoms with van der Waals surface area (Å²) in [4.78, 5) is 24.3. The fourth-order valence-corrected chi connectivity index (χ4v) is 2.10. The zero-order chi connectivity index (χ0) is 12.3. The predicted molar refractivity (Wildman–Crippen MR) is 59.8 cm³/mol. The molecule has 3 unspecified atom stereocenters. The highest BCUT2D eigenvalue weighted by atomic mass is 16.4. The van der Waals surface area contributed by atoms with Crippen LogP contribution in [0.2, 0.25) is 0 Å². The van der Waals surface area contributed by atoms with Gasteiger partial charge in [0.05, 0.1) is 0 Å². The summed E-state index contributed by atoms with van der Waals surface area (Å²) >= 11 is 0. The molecule has 1 aliphatic rings. The molecule has 16 heavy (non-hydrogen) atoms. The molecule has 3 N–H and O–H groups in total. The van der Waals surface area contributed by atoms with E-state index >= 15 is 0 Å². The van der Waals surface area contributed by atoms with Crippen molar-refractivity contribution in [3.05, 3.63) is 0 Å². The van der Waals surface area contributed by atoms with Crippen molar-refractivity contribution in [1.82, 2.24) is 4.90 Å². The number of amides is 1. The first kappa shape index (κ1) is 13.0. The zero-order valence-corrected chi connectivity index (χ0v) is 9.85. The maximum absolute atomic E-state index is 11.8. The number of carbonyl (C=O) groups excluding carboxylic acids is 1. The Morgan fingerprint density at radius 2 is 2.19 bits per heavy atom. The van der Waals surface area contributed by atoms with Gasteiger partial charge in [-0.1, -0.05) is 6.92 Å². The van der Waals surface area contributed by atoms with Crippen molar-refractivity contribution in [2.45, 2.75) is 45.2 Å². The van der Waals surface area contributed by atoms with Gasteiger partial charge in [0.15, 0.2) is 0 Å². The summed E-state index contributed by atoms with van der Waals surface area (Å²) in [6.07, 6.45) is 1.71. The van der Waals surface area contributed by atoms with Crippen LogP contribution in [0.4, 0.5) is 0 Å². The third kappa shape index (κ3) is 2.95. The molecular formula is C11H20N2O3. The van der Waals surface area contributed by atoms with Gasteiger partial charge in [-0.3, -0.25) is 4.79 Å². The first-order valence-electron chi connectivity index (χ1n) is 5.71. The second kappa shape index (κ2) is 5.30. The molecule has 0 radical (unpaired) electrons. The van der Waals surface area contributed by atoms with Gasteiger partial charge >= 0.3 is 5.97 Å². The standard InChI is InChI=1S/C11H20N2O3/c1-7-5-6-13(10(7)11(15)16)9(14)4-3-8(2)12/h7-8,10H,3-6,12H2,1-2H3,(H,15,16). The van der Waals surface area contributed by atoms with E-state index in [1.807, 2.05) is 13.8 Å². The Bertz CT molecular complexity index is 278. The van der Waals surface area contributed by atoms with E-state index in [9.17, 15) is 9.59 Å². The topological polar surface area (TPSA) is 83.6 Å². The summed E-state index contributed by atoms with van der Waals surface area (Å²) in [6, 6.07) is -0.673. The number of nitrogens with zero attached hydrogens (tertiary/aromatic N) is 1. The molecule has 1 saturated heterocycles. The molecule has 5 nitrogen and oxygen atoms in total. The molecule has 0 bridgehead atoms. The average molecular weight is 228 g/mol. The van der Waals surface area contributed by atoms with Crippen LogP contribution in [0.5, 0.6) is 0 Å². The van der Waals surface area contributed by atoms with Crippen LogP contribution in [0, 0.1) is 5.92 Å². The van der Waals surface area contributed by atoms with E-state index in [4.69, 9.17) is 10.8 Å². The minimum atomic E-state index is -0.904. The molecule has 1 aliphatic heterocycles. The third-order valence-electron chi connectivity index (χ3n) is 3.09. The van der Waals surface area contributed by atoms with Gasteiger partial charge in [0.25, 0.3) is 0 Å². The van der Waals surface area contributed by atoms with Crippen molar-refractivity contribution in [2.75, 3.05) is 6.54 Å². The maximum Gasteiger partial charge on any atom is 0.326 e. The summed E-state index contributed by atoms with van der Waals surface area (Å²) in [5.41, 5.74) is 5.57. The molecule has 1 fully saturated rings. The van der Waals surface area contributed by atoms with E-state index in [1.54, 1.807) is 0 Å². The molecule has 0 aromatic carbocycles. The van der Waals surface area contributed by atoms with Crippen LogP contribution >= 0.6 is 0 Å². The van der Waals surface area contributed by atoms with Crippen LogP contribution in [-0.2, 0) is 9.59 Å². The smallest absolute Gasteiger partial charge is 0.326 e. The number of carbonyl (C=O) groups is 2. The fraction of sp³-hybridized carbons (Fsp3) is 0.818. The van der Waals surface area contributed by atoms with Gasteiger partial charge in [-0.05, 0) is 25.7 Å². The van der Waals surface area contributed by atoms with Crippen molar-refractivity contribution in [3.63, 3.8) is 0 Å². The first-order valence-corrected chi connectivity index (χ1v) is 5.71. The number of likely N-dealkylation sites (tertiary alicyclic amines) is 1. The summed E-state index contributed by atoms with van der Waals surface area (Å²) < 4.78 is 0. The maximum atomic E-state index is 11.8. The van der Waals surface area contributed by atoms with E-state index < -0.39 is 12.0 Å². The molecular weight excluding hydrogens is 208 g/mol. The fourth-order valence-electron chi connectivity index (χ4n) is 2.10. The van der Waals surface area contributed by atoms with Crippen molar-refractivity contribution in [2.24, 2.45) is 11.7 Å². The minimum absolute atomic E-state index is 0.0211. The number of nitrogens with two attached hydrogens (primary N) is 1. The molecule has 0 aromatic rings. The van der Waals surface area contributed by atoms with Gasteiger partial charge in [-0.2, -0.15) is 0 Å².